The molecule has 0 aromatic heterocycles. The van der Waals surface area contributed by atoms with Gasteiger partial charge in [-0.05, 0) is 37.5 Å². The van der Waals surface area contributed by atoms with E-state index < -0.39 is 0 Å². The second kappa shape index (κ2) is 6.24. The van der Waals surface area contributed by atoms with Gasteiger partial charge in [-0.3, -0.25) is 4.90 Å². The highest BCUT2D eigenvalue weighted by Crippen LogP contribution is 2.33. The lowest BCUT2D eigenvalue weighted by Crippen LogP contribution is -2.40. The molecule has 0 radical (unpaired) electrons. The fourth-order valence-electron chi connectivity index (χ4n) is 3.63. The maximum absolute atomic E-state index is 5.97. The molecule has 0 N–H and O–H groups in total. The first kappa shape index (κ1) is 14.7. The third-order valence-corrected chi connectivity index (χ3v) is 4.61. The molecule has 2 saturated heterocycles. The zero-order valence-electron chi connectivity index (χ0n) is 13.2. The van der Waals surface area contributed by atoms with Gasteiger partial charge in [0, 0.05) is 31.6 Å². The van der Waals surface area contributed by atoms with Gasteiger partial charge in [0.25, 0.3) is 0 Å². The van der Waals surface area contributed by atoms with Crippen molar-refractivity contribution in [2.75, 3.05) is 27.3 Å². The first-order valence-corrected chi connectivity index (χ1v) is 7.77. The third kappa shape index (κ3) is 3.33. The molecule has 116 valence electrons. The van der Waals surface area contributed by atoms with Gasteiger partial charge in [-0.1, -0.05) is 0 Å². The van der Waals surface area contributed by atoms with Crippen LogP contribution in [0.5, 0.6) is 11.5 Å². The number of fused-ring (bicyclic) bond motifs is 1. The SMILES string of the molecule is COc1cc(CN2CC[C@H]3O[C@H](C)C[C@@H]3C2)cc(OC)c1. The summed E-state index contributed by atoms with van der Waals surface area (Å²) in [7, 11) is 3.39. The predicted octanol–water partition coefficient (Wildman–Crippen LogP) is 2.70. The Bertz CT molecular complexity index is 469. The van der Waals surface area contributed by atoms with Gasteiger partial charge in [0.05, 0.1) is 26.4 Å². The summed E-state index contributed by atoms with van der Waals surface area (Å²) in [5.74, 6) is 2.41. The van der Waals surface area contributed by atoms with Crippen LogP contribution in [0.15, 0.2) is 18.2 Å². The van der Waals surface area contributed by atoms with E-state index in [-0.39, 0.29) is 0 Å². The van der Waals surface area contributed by atoms with Crippen LogP contribution >= 0.6 is 0 Å². The molecule has 1 aromatic carbocycles. The maximum atomic E-state index is 5.97. The van der Waals surface area contributed by atoms with Crippen molar-refractivity contribution in [3.8, 4) is 11.5 Å². The van der Waals surface area contributed by atoms with Crippen LogP contribution in [0.1, 0.15) is 25.3 Å². The molecular formula is C17H25NO3. The van der Waals surface area contributed by atoms with Crippen LogP contribution in [-0.4, -0.2) is 44.4 Å². The number of benzene rings is 1. The van der Waals surface area contributed by atoms with Crippen LogP contribution in [0.3, 0.4) is 0 Å². The number of rotatable bonds is 4. The van der Waals surface area contributed by atoms with Crippen molar-refractivity contribution in [2.45, 2.75) is 38.5 Å². The van der Waals surface area contributed by atoms with Crippen molar-refractivity contribution >= 4 is 0 Å². The Morgan fingerprint density at radius 1 is 1.19 bits per heavy atom. The van der Waals surface area contributed by atoms with E-state index in [2.05, 4.69) is 24.0 Å². The first-order valence-electron chi connectivity index (χ1n) is 7.77. The fraction of sp³-hybridized carbons (Fsp3) is 0.647. The van der Waals surface area contributed by atoms with Crippen molar-refractivity contribution < 1.29 is 14.2 Å². The maximum Gasteiger partial charge on any atom is 0.122 e. The van der Waals surface area contributed by atoms with E-state index in [1.54, 1.807) is 14.2 Å². The number of hydrogen-bond acceptors (Lipinski definition) is 4. The highest BCUT2D eigenvalue weighted by molar-refractivity contribution is 5.38. The van der Waals surface area contributed by atoms with Crippen molar-refractivity contribution in [1.82, 2.24) is 4.90 Å². The Balaban J connectivity index is 1.66. The second-order valence-electron chi connectivity index (χ2n) is 6.23. The van der Waals surface area contributed by atoms with Gasteiger partial charge in [0.1, 0.15) is 11.5 Å². The predicted molar refractivity (Wildman–Crippen MR) is 81.9 cm³/mol. The van der Waals surface area contributed by atoms with Crippen molar-refractivity contribution in [2.24, 2.45) is 5.92 Å². The van der Waals surface area contributed by atoms with E-state index >= 15 is 0 Å². The van der Waals surface area contributed by atoms with E-state index in [0.717, 1.165) is 37.6 Å². The molecular weight excluding hydrogens is 266 g/mol. The summed E-state index contributed by atoms with van der Waals surface area (Å²) >= 11 is 0. The van der Waals surface area contributed by atoms with Gasteiger partial charge in [-0.15, -0.1) is 0 Å². The van der Waals surface area contributed by atoms with Gasteiger partial charge in [0.15, 0.2) is 0 Å². The Kier molecular flexibility index (Phi) is 4.36. The highest BCUT2D eigenvalue weighted by atomic mass is 16.5. The van der Waals surface area contributed by atoms with E-state index in [1.165, 1.54) is 12.0 Å². The van der Waals surface area contributed by atoms with Crippen LogP contribution in [0, 0.1) is 5.92 Å². The molecule has 4 heteroatoms. The van der Waals surface area contributed by atoms with Crippen molar-refractivity contribution in [3.63, 3.8) is 0 Å². The molecule has 1 aromatic rings. The Morgan fingerprint density at radius 3 is 2.57 bits per heavy atom. The molecule has 0 spiro atoms. The van der Waals surface area contributed by atoms with Gasteiger partial charge in [-0.2, -0.15) is 0 Å². The largest absolute Gasteiger partial charge is 0.497 e. The molecule has 21 heavy (non-hydrogen) atoms. The molecule has 4 nitrogen and oxygen atoms in total. The molecule has 2 heterocycles. The molecule has 3 atom stereocenters. The summed E-state index contributed by atoms with van der Waals surface area (Å²) in [5, 5.41) is 0. The van der Waals surface area contributed by atoms with Crippen LogP contribution in [-0.2, 0) is 11.3 Å². The molecule has 0 unspecified atom stereocenters. The van der Waals surface area contributed by atoms with Gasteiger partial charge in [0.2, 0.25) is 0 Å². The molecule has 0 amide bonds. The van der Waals surface area contributed by atoms with Crippen LogP contribution in [0.2, 0.25) is 0 Å². The van der Waals surface area contributed by atoms with Crippen LogP contribution in [0.4, 0.5) is 0 Å². The molecule has 0 aliphatic carbocycles. The molecule has 0 bridgehead atoms. The highest BCUT2D eigenvalue weighted by Gasteiger charge is 2.37. The van der Waals surface area contributed by atoms with Crippen molar-refractivity contribution in [3.05, 3.63) is 23.8 Å². The summed E-state index contributed by atoms with van der Waals surface area (Å²) < 4.78 is 16.7. The number of piperidine rings is 1. The number of hydrogen-bond donors (Lipinski definition) is 0. The van der Waals surface area contributed by atoms with E-state index in [4.69, 9.17) is 14.2 Å². The van der Waals surface area contributed by atoms with E-state index in [0.29, 0.717) is 18.1 Å². The third-order valence-electron chi connectivity index (χ3n) is 4.61. The summed E-state index contributed by atoms with van der Waals surface area (Å²) in [6.45, 7) is 5.38. The normalized spacial score (nSPS) is 29.2. The lowest BCUT2D eigenvalue weighted by molar-refractivity contribution is 0.00582. The number of methoxy groups -OCH3 is 2. The monoisotopic (exact) mass is 291 g/mol. The van der Waals surface area contributed by atoms with E-state index in [1.807, 2.05) is 6.07 Å². The first-order chi connectivity index (χ1) is 10.2. The number of ether oxygens (including phenoxy) is 3. The molecule has 2 fully saturated rings. The Labute approximate surface area is 127 Å². The molecule has 2 aliphatic rings. The quantitative estimate of drug-likeness (QED) is 0.853. The van der Waals surface area contributed by atoms with Gasteiger partial charge < -0.3 is 14.2 Å². The lowest BCUT2D eigenvalue weighted by atomic mass is 9.93. The average molecular weight is 291 g/mol. The lowest BCUT2D eigenvalue weighted by Gasteiger charge is -2.34. The summed E-state index contributed by atoms with van der Waals surface area (Å²) in [6.07, 6.45) is 3.26. The summed E-state index contributed by atoms with van der Waals surface area (Å²) in [5.41, 5.74) is 1.25. The minimum atomic E-state index is 0.428. The minimum absolute atomic E-state index is 0.428. The zero-order chi connectivity index (χ0) is 14.8. The fourth-order valence-corrected chi connectivity index (χ4v) is 3.63. The van der Waals surface area contributed by atoms with Crippen LogP contribution in [0.25, 0.3) is 0 Å². The average Bonchev–Trinajstić information content (AvgIpc) is 2.86. The molecule has 2 aliphatic heterocycles. The minimum Gasteiger partial charge on any atom is -0.497 e. The second-order valence-corrected chi connectivity index (χ2v) is 6.23. The topological polar surface area (TPSA) is 30.9 Å². The Morgan fingerprint density at radius 2 is 1.90 bits per heavy atom. The van der Waals surface area contributed by atoms with Gasteiger partial charge in [-0.25, -0.2) is 0 Å². The van der Waals surface area contributed by atoms with Gasteiger partial charge >= 0.3 is 0 Å². The summed E-state index contributed by atoms with van der Waals surface area (Å²) in [4.78, 5) is 2.52. The number of likely N-dealkylation sites (tertiary alicyclic amines) is 1. The van der Waals surface area contributed by atoms with Crippen molar-refractivity contribution in [1.29, 1.82) is 0 Å². The Hall–Kier alpha value is -1.26. The number of nitrogens with zero attached hydrogens (tertiary/aromatic N) is 1. The summed E-state index contributed by atoms with van der Waals surface area (Å²) in [6, 6.07) is 6.12. The zero-order valence-corrected chi connectivity index (χ0v) is 13.2. The standard InChI is InChI=1S/C17H25NO3/c1-12-6-14-11-18(5-4-17(14)21-12)10-13-7-15(19-2)9-16(8-13)20-3/h7-9,12,14,17H,4-6,10-11H2,1-3H3/t12-,14-,17-/m1/s1. The smallest absolute Gasteiger partial charge is 0.122 e. The van der Waals surface area contributed by atoms with E-state index in [9.17, 15) is 0 Å². The van der Waals surface area contributed by atoms with Crippen LogP contribution < -0.4 is 9.47 Å². The molecule has 0 saturated carbocycles. The molecule has 3 rings (SSSR count).